The van der Waals surface area contributed by atoms with Crippen LogP contribution < -0.4 is 9.47 Å². The lowest BCUT2D eigenvalue weighted by Gasteiger charge is -2.14. The molecule has 0 unspecified atom stereocenters. The van der Waals surface area contributed by atoms with E-state index in [1.807, 2.05) is 61.0 Å². The second-order valence-corrected chi connectivity index (χ2v) is 7.57. The van der Waals surface area contributed by atoms with E-state index in [0.29, 0.717) is 22.1 Å². The molecule has 2 aromatic heterocycles. The summed E-state index contributed by atoms with van der Waals surface area (Å²) in [4.78, 5) is 5.71. The number of rotatable bonds is 6. The molecular weight excluding hydrogens is 364 g/mol. The Morgan fingerprint density at radius 3 is 2.73 bits per heavy atom. The van der Waals surface area contributed by atoms with Crippen LogP contribution in [-0.2, 0) is 0 Å². The lowest BCUT2D eigenvalue weighted by atomic mass is 10.1. The molecule has 3 aromatic rings. The molecule has 0 bridgehead atoms. The van der Waals surface area contributed by atoms with E-state index in [1.165, 1.54) is 11.3 Å². The Bertz CT molecular complexity index is 951. The summed E-state index contributed by atoms with van der Waals surface area (Å²) in [5.41, 5.74) is 2.30. The summed E-state index contributed by atoms with van der Waals surface area (Å²) >= 11 is 3.11. The molecule has 3 rings (SSSR count). The van der Waals surface area contributed by atoms with Gasteiger partial charge in [-0.15, -0.1) is 22.7 Å². The topological polar surface area (TPSA) is 55.1 Å². The fourth-order valence-corrected chi connectivity index (χ4v) is 3.92. The number of hydrogen-bond acceptors (Lipinski definition) is 6. The van der Waals surface area contributed by atoms with E-state index >= 15 is 0 Å². The number of thiophene rings is 1. The standard InChI is InChI=1S/C20H18N2O2S2/c1-13(2)24-18-10-14(6-7-17(18)23-3)9-15(11-21)20-22-16(12-26-20)19-5-4-8-25-19/h4-10,12-13H,1-3H3/b15-9+. The van der Waals surface area contributed by atoms with Gasteiger partial charge in [-0.3, -0.25) is 0 Å². The maximum absolute atomic E-state index is 9.59. The van der Waals surface area contributed by atoms with Crippen LogP contribution in [0.1, 0.15) is 24.4 Å². The Kier molecular flexibility index (Phi) is 5.71. The Morgan fingerprint density at radius 2 is 2.08 bits per heavy atom. The van der Waals surface area contributed by atoms with Crippen molar-refractivity contribution in [2.75, 3.05) is 7.11 Å². The molecule has 0 fully saturated rings. The van der Waals surface area contributed by atoms with Gasteiger partial charge in [0, 0.05) is 5.38 Å². The highest BCUT2D eigenvalue weighted by Crippen LogP contribution is 2.32. The lowest BCUT2D eigenvalue weighted by Crippen LogP contribution is -2.06. The highest BCUT2D eigenvalue weighted by atomic mass is 32.1. The summed E-state index contributed by atoms with van der Waals surface area (Å²) in [5.74, 6) is 1.33. The number of nitrogens with zero attached hydrogens (tertiary/aromatic N) is 2. The first-order valence-electron chi connectivity index (χ1n) is 8.07. The Labute approximate surface area is 161 Å². The third-order valence-electron chi connectivity index (χ3n) is 3.49. The van der Waals surface area contributed by atoms with Crippen LogP contribution >= 0.6 is 22.7 Å². The highest BCUT2D eigenvalue weighted by molar-refractivity contribution is 7.14. The van der Waals surface area contributed by atoms with Gasteiger partial charge < -0.3 is 9.47 Å². The first-order valence-corrected chi connectivity index (χ1v) is 9.83. The van der Waals surface area contributed by atoms with E-state index in [1.54, 1.807) is 18.4 Å². The quantitative estimate of drug-likeness (QED) is 0.511. The van der Waals surface area contributed by atoms with Crippen molar-refractivity contribution in [3.63, 3.8) is 0 Å². The molecule has 2 heterocycles. The van der Waals surface area contributed by atoms with Crippen LogP contribution in [0.4, 0.5) is 0 Å². The van der Waals surface area contributed by atoms with Gasteiger partial charge in [0.1, 0.15) is 11.1 Å². The van der Waals surface area contributed by atoms with E-state index in [4.69, 9.17) is 9.47 Å². The van der Waals surface area contributed by atoms with Crippen LogP contribution in [0.2, 0.25) is 0 Å². The number of thiazole rings is 1. The van der Waals surface area contributed by atoms with Crippen molar-refractivity contribution in [3.8, 4) is 28.1 Å². The van der Waals surface area contributed by atoms with Crippen molar-refractivity contribution in [1.82, 2.24) is 4.98 Å². The van der Waals surface area contributed by atoms with E-state index in [9.17, 15) is 5.26 Å². The summed E-state index contributed by atoms with van der Waals surface area (Å²) < 4.78 is 11.1. The third-order valence-corrected chi connectivity index (χ3v) is 5.26. The largest absolute Gasteiger partial charge is 0.493 e. The number of nitriles is 1. The van der Waals surface area contributed by atoms with Crippen molar-refractivity contribution < 1.29 is 9.47 Å². The van der Waals surface area contributed by atoms with E-state index in [-0.39, 0.29) is 6.10 Å². The molecule has 0 atom stereocenters. The van der Waals surface area contributed by atoms with Gasteiger partial charge in [0.2, 0.25) is 0 Å². The van der Waals surface area contributed by atoms with Gasteiger partial charge in [-0.25, -0.2) is 4.98 Å². The Balaban J connectivity index is 1.93. The van der Waals surface area contributed by atoms with Gasteiger partial charge >= 0.3 is 0 Å². The predicted molar refractivity (Wildman–Crippen MR) is 108 cm³/mol. The van der Waals surface area contributed by atoms with Crippen LogP contribution in [0.3, 0.4) is 0 Å². The highest BCUT2D eigenvalue weighted by Gasteiger charge is 2.11. The monoisotopic (exact) mass is 382 g/mol. The second-order valence-electron chi connectivity index (χ2n) is 5.76. The van der Waals surface area contributed by atoms with Gasteiger partial charge in [-0.05, 0) is 49.1 Å². The van der Waals surface area contributed by atoms with Crippen molar-refractivity contribution in [2.24, 2.45) is 0 Å². The molecule has 0 aliphatic carbocycles. The molecule has 1 aromatic carbocycles. The van der Waals surface area contributed by atoms with Crippen molar-refractivity contribution in [2.45, 2.75) is 20.0 Å². The molecular formula is C20H18N2O2S2. The number of ether oxygens (including phenoxy) is 2. The van der Waals surface area contributed by atoms with Crippen molar-refractivity contribution in [1.29, 1.82) is 5.26 Å². The fraction of sp³-hybridized carbons (Fsp3) is 0.200. The number of benzene rings is 1. The maximum atomic E-state index is 9.59. The number of aromatic nitrogens is 1. The zero-order valence-electron chi connectivity index (χ0n) is 14.7. The summed E-state index contributed by atoms with van der Waals surface area (Å²) in [6.45, 7) is 3.93. The minimum Gasteiger partial charge on any atom is -0.493 e. The molecule has 0 N–H and O–H groups in total. The fourth-order valence-electron chi connectivity index (χ4n) is 2.37. The van der Waals surface area contributed by atoms with Crippen molar-refractivity contribution in [3.05, 3.63) is 51.7 Å². The minimum absolute atomic E-state index is 0.0332. The van der Waals surface area contributed by atoms with Gasteiger partial charge in [0.05, 0.1) is 29.4 Å². The zero-order chi connectivity index (χ0) is 18.5. The van der Waals surface area contributed by atoms with Gasteiger partial charge in [0.15, 0.2) is 11.5 Å². The van der Waals surface area contributed by atoms with E-state index in [2.05, 4.69) is 11.1 Å². The van der Waals surface area contributed by atoms with Gasteiger partial charge in [-0.1, -0.05) is 12.1 Å². The molecule has 0 aliphatic heterocycles. The molecule has 0 amide bonds. The van der Waals surface area contributed by atoms with E-state index < -0.39 is 0 Å². The molecule has 0 radical (unpaired) electrons. The van der Waals surface area contributed by atoms with Crippen LogP contribution in [0.25, 0.3) is 22.2 Å². The second kappa shape index (κ2) is 8.17. The third kappa shape index (κ3) is 4.13. The van der Waals surface area contributed by atoms with Gasteiger partial charge in [-0.2, -0.15) is 5.26 Å². The van der Waals surface area contributed by atoms with Crippen LogP contribution in [0, 0.1) is 11.3 Å². The Morgan fingerprint density at radius 1 is 1.23 bits per heavy atom. The maximum Gasteiger partial charge on any atom is 0.162 e. The molecule has 6 heteroatoms. The molecule has 4 nitrogen and oxygen atoms in total. The Hall–Kier alpha value is -2.62. The summed E-state index contributed by atoms with van der Waals surface area (Å²) in [6, 6.07) is 11.9. The molecule has 26 heavy (non-hydrogen) atoms. The van der Waals surface area contributed by atoms with E-state index in [0.717, 1.165) is 16.1 Å². The predicted octanol–water partition coefficient (Wildman–Crippen LogP) is 5.73. The molecule has 132 valence electrons. The summed E-state index contributed by atoms with van der Waals surface area (Å²) in [7, 11) is 1.61. The minimum atomic E-state index is 0.0332. The molecule has 0 saturated heterocycles. The summed E-state index contributed by atoms with van der Waals surface area (Å²) in [6.07, 6.45) is 1.86. The van der Waals surface area contributed by atoms with Crippen LogP contribution in [-0.4, -0.2) is 18.2 Å². The molecule has 0 spiro atoms. The van der Waals surface area contributed by atoms with Crippen molar-refractivity contribution >= 4 is 34.3 Å². The number of methoxy groups -OCH3 is 1. The van der Waals surface area contributed by atoms with Crippen LogP contribution in [0.15, 0.2) is 41.1 Å². The zero-order valence-corrected chi connectivity index (χ0v) is 16.4. The number of hydrogen-bond donors (Lipinski definition) is 0. The SMILES string of the molecule is COc1ccc(/C=C(\C#N)c2nc(-c3cccs3)cs2)cc1OC(C)C. The normalized spacial score (nSPS) is 11.4. The van der Waals surface area contributed by atoms with Crippen LogP contribution in [0.5, 0.6) is 11.5 Å². The lowest BCUT2D eigenvalue weighted by molar-refractivity contribution is 0.230. The number of allylic oxidation sites excluding steroid dienone is 1. The first kappa shape index (κ1) is 18.2. The molecule has 0 saturated carbocycles. The smallest absolute Gasteiger partial charge is 0.162 e. The van der Waals surface area contributed by atoms with Gasteiger partial charge in [0.25, 0.3) is 0 Å². The summed E-state index contributed by atoms with van der Waals surface area (Å²) in [5, 5.41) is 14.3. The first-order chi connectivity index (χ1) is 12.6. The molecule has 0 aliphatic rings. The average Bonchev–Trinajstić information content (AvgIpc) is 3.30. The average molecular weight is 383 g/mol.